The molecule has 4 aromatic rings. The third-order valence-corrected chi connectivity index (χ3v) is 5.95. The summed E-state index contributed by atoms with van der Waals surface area (Å²) in [5.74, 6) is 0.104. The van der Waals surface area contributed by atoms with Crippen LogP contribution in [-0.2, 0) is 4.74 Å². The molecule has 28 heavy (non-hydrogen) atoms. The molecule has 8 nitrogen and oxygen atoms in total. The van der Waals surface area contributed by atoms with Crippen molar-refractivity contribution in [3.63, 3.8) is 0 Å². The van der Waals surface area contributed by atoms with Crippen molar-refractivity contribution in [2.45, 2.75) is 32.7 Å². The van der Waals surface area contributed by atoms with Crippen molar-refractivity contribution >= 4 is 33.2 Å². The lowest BCUT2D eigenvalue weighted by molar-refractivity contribution is -0.00346. The maximum atomic E-state index is 12.5. The van der Waals surface area contributed by atoms with E-state index in [1.807, 2.05) is 13.1 Å². The van der Waals surface area contributed by atoms with Crippen LogP contribution >= 0.6 is 11.3 Å². The fraction of sp³-hybridized carbons (Fsp3) is 0.368. The maximum absolute atomic E-state index is 12.5. The number of nitrogens with one attached hydrogen (secondary N) is 2. The van der Waals surface area contributed by atoms with Gasteiger partial charge in [0, 0.05) is 17.3 Å². The molecule has 1 amide bonds. The van der Waals surface area contributed by atoms with E-state index in [0.29, 0.717) is 18.2 Å². The van der Waals surface area contributed by atoms with Gasteiger partial charge in [-0.05, 0) is 24.5 Å². The maximum Gasteiger partial charge on any atom is 0.280 e. The first-order valence-corrected chi connectivity index (χ1v) is 10.0. The molecule has 1 aliphatic heterocycles. The molecule has 0 bridgehead atoms. The summed E-state index contributed by atoms with van der Waals surface area (Å²) in [4.78, 5) is 25.8. The van der Waals surface area contributed by atoms with E-state index >= 15 is 0 Å². The van der Waals surface area contributed by atoms with Crippen LogP contribution < -0.4 is 5.32 Å². The van der Waals surface area contributed by atoms with Crippen LogP contribution in [0, 0.1) is 6.92 Å². The monoisotopic (exact) mass is 396 g/mol. The number of pyridine rings is 1. The van der Waals surface area contributed by atoms with E-state index in [1.165, 1.54) is 11.3 Å². The van der Waals surface area contributed by atoms with Gasteiger partial charge in [0.1, 0.15) is 16.7 Å². The van der Waals surface area contributed by atoms with Crippen molar-refractivity contribution in [3.05, 3.63) is 34.7 Å². The first kappa shape index (κ1) is 17.3. The third kappa shape index (κ3) is 2.70. The fourth-order valence-corrected chi connectivity index (χ4v) is 4.46. The quantitative estimate of drug-likeness (QED) is 0.553. The summed E-state index contributed by atoms with van der Waals surface area (Å²) >= 11 is 1.38. The number of aryl methyl sites for hydroxylation is 1. The summed E-state index contributed by atoms with van der Waals surface area (Å²) < 4.78 is 6.90. The minimum absolute atomic E-state index is 0.0901. The largest absolute Gasteiger partial charge is 0.377 e. The Balaban J connectivity index is 1.59. The second-order valence-corrected chi connectivity index (χ2v) is 8.41. The second-order valence-electron chi connectivity index (χ2n) is 7.41. The van der Waals surface area contributed by atoms with Crippen molar-refractivity contribution in [1.82, 2.24) is 29.9 Å². The zero-order chi connectivity index (χ0) is 19.4. The molecule has 5 rings (SSSR count). The van der Waals surface area contributed by atoms with Gasteiger partial charge < -0.3 is 15.0 Å². The predicted octanol–water partition coefficient (Wildman–Crippen LogP) is 2.89. The number of amides is 1. The molecule has 1 fully saturated rings. The van der Waals surface area contributed by atoms with Gasteiger partial charge in [0.2, 0.25) is 0 Å². The van der Waals surface area contributed by atoms with Gasteiger partial charge >= 0.3 is 0 Å². The highest BCUT2D eigenvalue weighted by atomic mass is 32.1. The number of hydrogen-bond acceptors (Lipinski definition) is 6. The van der Waals surface area contributed by atoms with Crippen LogP contribution in [0.15, 0.2) is 18.6 Å². The molecule has 0 radical (unpaired) electrons. The Morgan fingerprint density at radius 1 is 1.43 bits per heavy atom. The Labute approximate surface area is 165 Å². The Bertz CT molecular complexity index is 1200. The minimum Gasteiger partial charge on any atom is -0.377 e. The first-order valence-electron chi connectivity index (χ1n) is 9.22. The Hall–Kier alpha value is -2.78. The van der Waals surface area contributed by atoms with Gasteiger partial charge in [0.05, 0.1) is 24.9 Å². The molecule has 4 aromatic heterocycles. The molecule has 0 aromatic carbocycles. The summed E-state index contributed by atoms with van der Waals surface area (Å²) in [5.41, 5.74) is 5.92. The van der Waals surface area contributed by atoms with Crippen LogP contribution in [-0.4, -0.2) is 49.7 Å². The number of nitrogens with zero attached hydrogens (tertiary/aromatic N) is 4. The molecule has 1 saturated heterocycles. The van der Waals surface area contributed by atoms with Crippen LogP contribution in [0.2, 0.25) is 0 Å². The number of H-pyrrole nitrogens is 1. The molecule has 9 heteroatoms. The number of aromatic nitrogens is 5. The van der Waals surface area contributed by atoms with Gasteiger partial charge in [0.25, 0.3) is 5.91 Å². The van der Waals surface area contributed by atoms with Crippen LogP contribution in [0.4, 0.5) is 0 Å². The van der Waals surface area contributed by atoms with E-state index in [0.717, 1.165) is 38.4 Å². The molecule has 0 spiro atoms. The smallest absolute Gasteiger partial charge is 0.280 e. The van der Waals surface area contributed by atoms with E-state index in [2.05, 4.69) is 45.3 Å². The predicted molar refractivity (Wildman–Crippen MR) is 107 cm³/mol. The zero-order valence-corrected chi connectivity index (χ0v) is 16.6. The average molecular weight is 396 g/mol. The average Bonchev–Trinajstić information content (AvgIpc) is 3.30. The SMILES string of the molecule is Cc1cc(-c2[nH]c3sc(C(=O)NC4COC4)nc3c2C(C)C)cn2ncnc12. The van der Waals surface area contributed by atoms with E-state index in [1.54, 1.807) is 10.8 Å². The molecular formula is C19H20N6O2S. The molecule has 0 atom stereocenters. The van der Waals surface area contributed by atoms with Crippen molar-refractivity contribution < 1.29 is 9.53 Å². The van der Waals surface area contributed by atoms with Crippen LogP contribution in [0.1, 0.15) is 40.7 Å². The second kappa shape index (κ2) is 6.39. The highest BCUT2D eigenvalue weighted by Crippen LogP contribution is 2.37. The summed E-state index contributed by atoms with van der Waals surface area (Å²) in [7, 11) is 0. The minimum atomic E-state index is -0.140. The van der Waals surface area contributed by atoms with E-state index in [9.17, 15) is 4.79 Å². The van der Waals surface area contributed by atoms with E-state index in [-0.39, 0.29) is 17.9 Å². The van der Waals surface area contributed by atoms with E-state index < -0.39 is 0 Å². The molecular weight excluding hydrogens is 376 g/mol. The van der Waals surface area contributed by atoms with Gasteiger partial charge in [-0.3, -0.25) is 4.79 Å². The van der Waals surface area contributed by atoms with Gasteiger partial charge in [-0.1, -0.05) is 25.2 Å². The molecule has 5 heterocycles. The molecule has 2 N–H and O–H groups in total. The van der Waals surface area contributed by atoms with Crippen LogP contribution in [0.3, 0.4) is 0 Å². The summed E-state index contributed by atoms with van der Waals surface area (Å²) in [5, 5.41) is 7.71. The van der Waals surface area contributed by atoms with Gasteiger partial charge in [-0.25, -0.2) is 14.5 Å². The number of carbonyl (C=O) groups is 1. The Morgan fingerprint density at radius 2 is 2.25 bits per heavy atom. The van der Waals surface area contributed by atoms with Gasteiger partial charge in [0.15, 0.2) is 10.7 Å². The highest BCUT2D eigenvalue weighted by Gasteiger charge is 2.25. The standard InChI is InChI=1S/C19H20N6O2S/c1-9(2)13-14(11-4-10(3)16-20-8-21-25(16)5-11)23-18-15(13)24-19(28-18)17(26)22-12-6-27-7-12/h4-5,8-9,12,23H,6-7H2,1-3H3,(H,22,26). The lowest BCUT2D eigenvalue weighted by Crippen LogP contribution is -2.48. The number of fused-ring (bicyclic) bond motifs is 2. The number of aromatic amines is 1. The number of thiazole rings is 1. The number of carbonyl (C=O) groups excluding carboxylic acids is 1. The van der Waals surface area contributed by atoms with Crippen molar-refractivity contribution in [2.75, 3.05) is 13.2 Å². The van der Waals surface area contributed by atoms with Crippen molar-refractivity contribution in [1.29, 1.82) is 0 Å². The summed E-state index contributed by atoms with van der Waals surface area (Å²) in [6.45, 7) is 7.44. The van der Waals surface area contributed by atoms with Crippen molar-refractivity contribution in [2.24, 2.45) is 0 Å². The van der Waals surface area contributed by atoms with Crippen LogP contribution in [0.5, 0.6) is 0 Å². The Morgan fingerprint density at radius 3 is 2.96 bits per heavy atom. The highest BCUT2D eigenvalue weighted by molar-refractivity contribution is 7.20. The molecule has 0 aliphatic carbocycles. The fourth-order valence-electron chi connectivity index (χ4n) is 3.57. The lowest BCUT2D eigenvalue weighted by Gasteiger charge is -2.26. The number of rotatable bonds is 4. The van der Waals surface area contributed by atoms with E-state index in [4.69, 9.17) is 4.74 Å². The molecule has 0 unspecified atom stereocenters. The van der Waals surface area contributed by atoms with Gasteiger partial charge in [-0.2, -0.15) is 5.10 Å². The van der Waals surface area contributed by atoms with Crippen LogP contribution in [0.25, 0.3) is 27.3 Å². The lowest BCUT2D eigenvalue weighted by atomic mass is 9.99. The summed E-state index contributed by atoms with van der Waals surface area (Å²) in [6, 6.07) is 2.20. The van der Waals surface area contributed by atoms with Gasteiger partial charge in [-0.15, -0.1) is 0 Å². The third-order valence-electron chi connectivity index (χ3n) is 4.98. The summed E-state index contributed by atoms with van der Waals surface area (Å²) in [6.07, 6.45) is 3.53. The Kier molecular flexibility index (Phi) is 3.95. The first-order chi connectivity index (χ1) is 13.5. The zero-order valence-electron chi connectivity index (χ0n) is 15.8. The topological polar surface area (TPSA) is 97.2 Å². The van der Waals surface area contributed by atoms with Crippen molar-refractivity contribution in [3.8, 4) is 11.3 Å². The molecule has 0 saturated carbocycles. The number of ether oxygens (including phenoxy) is 1. The normalized spacial score (nSPS) is 14.9. The molecule has 144 valence electrons. The molecule has 1 aliphatic rings. The number of hydrogen-bond donors (Lipinski definition) is 2.